The third-order valence-electron chi connectivity index (χ3n) is 2.86. The second kappa shape index (κ2) is 5.23. The van der Waals surface area contributed by atoms with Gasteiger partial charge in [-0.1, -0.05) is 23.7 Å². The third kappa shape index (κ3) is 2.60. The first-order valence-electron chi connectivity index (χ1n) is 5.78. The standard InChI is InChI=1S/C14H15ClN2OS/c1-8-11(9-4-6-10(15)7-5-9)12(13(16)19-8)14(18)17(2)3/h4-7H,16H2,1-3H3. The zero-order chi connectivity index (χ0) is 14.2. The number of aryl methyl sites for hydroxylation is 1. The summed E-state index contributed by atoms with van der Waals surface area (Å²) in [7, 11) is 3.45. The van der Waals surface area contributed by atoms with Gasteiger partial charge in [0, 0.05) is 29.6 Å². The Labute approximate surface area is 121 Å². The molecule has 2 rings (SSSR count). The SMILES string of the molecule is Cc1sc(N)c(C(=O)N(C)C)c1-c1ccc(Cl)cc1. The summed E-state index contributed by atoms with van der Waals surface area (Å²) in [6, 6.07) is 7.44. The van der Waals surface area contributed by atoms with E-state index in [4.69, 9.17) is 17.3 Å². The maximum atomic E-state index is 12.3. The van der Waals surface area contributed by atoms with Gasteiger partial charge in [-0.3, -0.25) is 4.79 Å². The molecule has 5 heteroatoms. The molecule has 1 aromatic carbocycles. The van der Waals surface area contributed by atoms with Crippen molar-refractivity contribution in [3.63, 3.8) is 0 Å². The summed E-state index contributed by atoms with van der Waals surface area (Å²) >= 11 is 7.34. The molecule has 0 unspecified atom stereocenters. The van der Waals surface area contributed by atoms with E-state index in [0.29, 0.717) is 15.6 Å². The number of carbonyl (C=O) groups is 1. The lowest BCUT2D eigenvalue weighted by atomic mass is 10.0. The zero-order valence-electron chi connectivity index (χ0n) is 11.0. The highest BCUT2D eigenvalue weighted by Crippen LogP contribution is 2.38. The molecule has 100 valence electrons. The molecule has 19 heavy (non-hydrogen) atoms. The van der Waals surface area contributed by atoms with E-state index in [-0.39, 0.29) is 5.91 Å². The number of benzene rings is 1. The monoisotopic (exact) mass is 294 g/mol. The second-order valence-electron chi connectivity index (χ2n) is 4.48. The number of nitrogens with zero attached hydrogens (tertiary/aromatic N) is 1. The highest BCUT2D eigenvalue weighted by molar-refractivity contribution is 7.16. The highest BCUT2D eigenvalue weighted by atomic mass is 35.5. The molecule has 1 heterocycles. The maximum absolute atomic E-state index is 12.3. The molecule has 0 saturated heterocycles. The summed E-state index contributed by atoms with van der Waals surface area (Å²) < 4.78 is 0. The fraction of sp³-hybridized carbons (Fsp3) is 0.214. The Bertz CT molecular complexity index is 617. The van der Waals surface area contributed by atoms with Crippen LogP contribution in [0.2, 0.25) is 5.02 Å². The largest absolute Gasteiger partial charge is 0.390 e. The highest BCUT2D eigenvalue weighted by Gasteiger charge is 2.22. The summed E-state index contributed by atoms with van der Waals surface area (Å²) in [6.45, 7) is 1.97. The zero-order valence-corrected chi connectivity index (χ0v) is 12.6. The smallest absolute Gasteiger partial charge is 0.256 e. The predicted octanol–water partition coefficient (Wildman–Crippen LogP) is 3.66. The molecule has 0 saturated carbocycles. The Morgan fingerprint density at radius 1 is 1.26 bits per heavy atom. The van der Waals surface area contributed by atoms with Crippen LogP contribution >= 0.6 is 22.9 Å². The van der Waals surface area contributed by atoms with Gasteiger partial charge in [-0.2, -0.15) is 0 Å². The van der Waals surface area contributed by atoms with E-state index < -0.39 is 0 Å². The normalized spacial score (nSPS) is 10.5. The number of hydrogen-bond acceptors (Lipinski definition) is 3. The number of carbonyl (C=O) groups excluding carboxylic acids is 1. The number of nitrogens with two attached hydrogens (primary N) is 1. The van der Waals surface area contributed by atoms with E-state index in [1.807, 2.05) is 31.2 Å². The van der Waals surface area contributed by atoms with Crippen molar-refractivity contribution in [2.75, 3.05) is 19.8 Å². The molecule has 0 spiro atoms. The average molecular weight is 295 g/mol. The van der Waals surface area contributed by atoms with Gasteiger partial charge in [0.1, 0.15) is 0 Å². The Balaban J connectivity index is 2.63. The van der Waals surface area contributed by atoms with Crippen molar-refractivity contribution in [2.45, 2.75) is 6.92 Å². The minimum Gasteiger partial charge on any atom is -0.390 e. The van der Waals surface area contributed by atoms with Gasteiger partial charge >= 0.3 is 0 Å². The van der Waals surface area contributed by atoms with Gasteiger partial charge in [0.2, 0.25) is 0 Å². The Morgan fingerprint density at radius 3 is 2.37 bits per heavy atom. The Morgan fingerprint density at radius 2 is 1.84 bits per heavy atom. The van der Waals surface area contributed by atoms with E-state index in [1.54, 1.807) is 14.1 Å². The van der Waals surface area contributed by atoms with E-state index in [1.165, 1.54) is 16.2 Å². The van der Waals surface area contributed by atoms with E-state index >= 15 is 0 Å². The summed E-state index contributed by atoms with van der Waals surface area (Å²) in [5, 5.41) is 1.23. The summed E-state index contributed by atoms with van der Waals surface area (Å²) in [5.41, 5.74) is 8.43. The topological polar surface area (TPSA) is 46.3 Å². The molecule has 0 aliphatic rings. The fourth-order valence-electron chi connectivity index (χ4n) is 1.97. The third-order valence-corrected chi connectivity index (χ3v) is 4.05. The lowest BCUT2D eigenvalue weighted by molar-refractivity contribution is 0.0829. The minimum atomic E-state index is -0.0770. The van der Waals surface area contributed by atoms with Crippen LogP contribution in [0.5, 0.6) is 0 Å². The van der Waals surface area contributed by atoms with Gasteiger partial charge in [0.25, 0.3) is 5.91 Å². The van der Waals surface area contributed by atoms with Crippen LogP contribution in [0.25, 0.3) is 11.1 Å². The van der Waals surface area contributed by atoms with Gasteiger partial charge in [-0.25, -0.2) is 0 Å². The number of nitrogen functional groups attached to an aromatic ring is 1. The number of thiophene rings is 1. The molecule has 0 bridgehead atoms. The van der Waals surface area contributed by atoms with Crippen molar-refractivity contribution in [3.8, 4) is 11.1 Å². The molecule has 1 amide bonds. The first kappa shape index (κ1) is 13.9. The van der Waals surface area contributed by atoms with Crippen LogP contribution < -0.4 is 5.73 Å². The molecule has 2 N–H and O–H groups in total. The summed E-state index contributed by atoms with van der Waals surface area (Å²) in [5.74, 6) is -0.0770. The van der Waals surface area contributed by atoms with Crippen molar-refractivity contribution in [3.05, 3.63) is 39.7 Å². The van der Waals surface area contributed by atoms with Gasteiger partial charge in [0.15, 0.2) is 0 Å². The maximum Gasteiger partial charge on any atom is 0.256 e. The number of rotatable bonds is 2. The van der Waals surface area contributed by atoms with Crippen molar-refractivity contribution >= 4 is 33.8 Å². The van der Waals surface area contributed by atoms with Crippen LogP contribution in [-0.4, -0.2) is 24.9 Å². The van der Waals surface area contributed by atoms with Gasteiger partial charge in [-0.05, 0) is 24.6 Å². The van der Waals surface area contributed by atoms with Gasteiger partial charge in [-0.15, -0.1) is 11.3 Å². The lowest BCUT2D eigenvalue weighted by Gasteiger charge is -2.12. The molecule has 2 aromatic rings. The molecular weight excluding hydrogens is 280 g/mol. The lowest BCUT2D eigenvalue weighted by Crippen LogP contribution is -2.22. The summed E-state index contributed by atoms with van der Waals surface area (Å²) in [6.07, 6.45) is 0. The van der Waals surface area contributed by atoms with Crippen molar-refractivity contribution in [1.29, 1.82) is 0 Å². The van der Waals surface area contributed by atoms with Crippen LogP contribution in [0, 0.1) is 6.92 Å². The van der Waals surface area contributed by atoms with Crippen LogP contribution in [0.15, 0.2) is 24.3 Å². The van der Waals surface area contributed by atoms with Crippen LogP contribution in [0.1, 0.15) is 15.2 Å². The number of amides is 1. The number of hydrogen-bond donors (Lipinski definition) is 1. The van der Waals surface area contributed by atoms with Crippen LogP contribution in [0.3, 0.4) is 0 Å². The van der Waals surface area contributed by atoms with Gasteiger partial charge < -0.3 is 10.6 Å². The van der Waals surface area contributed by atoms with E-state index in [2.05, 4.69) is 0 Å². The molecular formula is C14H15ClN2OS. The molecule has 3 nitrogen and oxygen atoms in total. The Hall–Kier alpha value is -1.52. The first-order valence-corrected chi connectivity index (χ1v) is 6.97. The van der Waals surface area contributed by atoms with Crippen LogP contribution in [-0.2, 0) is 0 Å². The van der Waals surface area contributed by atoms with Crippen LogP contribution in [0.4, 0.5) is 5.00 Å². The number of anilines is 1. The van der Waals surface area contributed by atoms with Crippen molar-refractivity contribution in [1.82, 2.24) is 4.90 Å². The quantitative estimate of drug-likeness (QED) is 0.919. The van der Waals surface area contributed by atoms with Gasteiger partial charge in [0.05, 0.1) is 10.6 Å². The first-order chi connectivity index (χ1) is 8.91. The fourth-order valence-corrected chi connectivity index (χ4v) is 3.04. The van der Waals surface area contributed by atoms with E-state index in [0.717, 1.165) is 16.0 Å². The molecule has 0 aliphatic heterocycles. The van der Waals surface area contributed by atoms with Crippen molar-refractivity contribution < 1.29 is 4.79 Å². The molecule has 0 atom stereocenters. The number of halogens is 1. The molecule has 0 fully saturated rings. The molecule has 1 aromatic heterocycles. The Kier molecular flexibility index (Phi) is 3.83. The second-order valence-corrected chi connectivity index (χ2v) is 6.17. The molecule has 0 radical (unpaired) electrons. The molecule has 0 aliphatic carbocycles. The van der Waals surface area contributed by atoms with E-state index in [9.17, 15) is 4.79 Å². The predicted molar refractivity (Wildman–Crippen MR) is 81.9 cm³/mol. The summed E-state index contributed by atoms with van der Waals surface area (Å²) in [4.78, 5) is 14.8. The average Bonchev–Trinajstić information content (AvgIpc) is 2.64. The van der Waals surface area contributed by atoms with Crippen molar-refractivity contribution in [2.24, 2.45) is 0 Å². The minimum absolute atomic E-state index is 0.0770.